The zero-order chi connectivity index (χ0) is 17.6. The van der Waals surface area contributed by atoms with Crippen LogP contribution < -0.4 is 5.32 Å². The first kappa shape index (κ1) is 16.8. The van der Waals surface area contributed by atoms with E-state index in [1.54, 1.807) is 18.5 Å². The number of aromatic nitrogens is 3. The van der Waals surface area contributed by atoms with Gasteiger partial charge in [-0.3, -0.25) is 9.36 Å². The van der Waals surface area contributed by atoms with Crippen molar-refractivity contribution in [3.05, 3.63) is 77.8 Å². The third kappa shape index (κ3) is 4.50. The number of pyridine rings is 1. The van der Waals surface area contributed by atoms with Crippen molar-refractivity contribution in [3.8, 4) is 5.82 Å². The molecule has 1 N–H and O–H groups in total. The Kier molecular flexibility index (Phi) is 5.18. The number of rotatable bonds is 6. The third-order valence-corrected chi connectivity index (χ3v) is 3.90. The molecule has 5 nitrogen and oxygen atoms in total. The van der Waals surface area contributed by atoms with Crippen LogP contribution in [0, 0.1) is 12.7 Å². The van der Waals surface area contributed by atoms with Gasteiger partial charge in [0.15, 0.2) is 0 Å². The lowest BCUT2D eigenvalue weighted by atomic mass is 10.1. The molecule has 25 heavy (non-hydrogen) atoms. The van der Waals surface area contributed by atoms with E-state index in [0.717, 1.165) is 22.8 Å². The Morgan fingerprint density at radius 2 is 2.08 bits per heavy atom. The van der Waals surface area contributed by atoms with Crippen LogP contribution in [0.2, 0.25) is 0 Å². The number of carbonyl (C=O) groups excluding carboxylic acids is 1. The number of hydrogen-bond acceptors (Lipinski definition) is 3. The summed E-state index contributed by atoms with van der Waals surface area (Å²) in [5.41, 5.74) is 1.73. The molecule has 2 aromatic heterocycles. The molecule has 1 amide bonds. The zero-order valence-corrected chi connectivity index (χ0v) is 13.9. The van der Waals surface area contributed by atoms with Crippen LogP contribution in [0.15, 0.2) is 55.0 Å². The second-order valence-electron chi connectivity index (χ2n) is 5.78. The molecule has 1 aromatic carbocycles. The fourth-order valence-electron chi connectivity index (χ4n) is 2.52. The molecule has 0 fully saturated rings. The molecule has 0 aliphatic carbocycles. The molecule has 128 valence electrons. The summed E-state index contributed by atoms with van der Waals surface area (Å²) in [4.78, 5) is 20.5. The zero-order valence-electron chi connectivity index (χ0n) is 13.9. The quantitative estimate of drug-likeness (QED) is 0.752. The topological polar surface area (TPSA) is 59.8 Å². The largest absolute Gasteiger partial charge is 0.352 e. The maximum Gasteiger partial charge on any atom is 0.220 e. The molecular weight excluding hydrogens is 319 g/mol. The summed E-state index contributed by atoms with van der Waals surface area (Å²) in [6.07, 6.45) is 6.15. The number of nitrogens with zero attached hydrogens (tertiary/aromatic N) is 3. The van der Waals surface area contributed by atoms with Gasteiger partial charge in [-0.2, -0.15) is 0 Å². The van der Waals surface area contributed by atoms with E-state index in [2.05, 4.69) is 15.3 Å². The Bertz CT molecular complexity index is 858. The van der Waals surface area contributed by atoms with Gasteiger partial charge in [-0.1, -0.05) is 18.2 Å². The number of aryl methyl sites for hydroxylation is 2. The monoisotopic (exact) mass is 338 g/mol. The minimum atomic E-state index is -0.280. The van der Waals surface area contributed by atoms with Gasteiger partial charge in [0.05, 0.1) is 0 Å². The van der Waals surface area contributed by atoms with E-state index in [-0.39, 0.29) is 11.7 Å². The first-order valence-corrected chi connectivity index (χ1v) is 8.08. The van der Waals surface area contributed by atoms with Crippen LogP contribution in [0.4, 0.5) is 4.39 Å². The number of amides is 1. The lowest BCUT2D eigenvalue weighted by Gasteiger charge is -2.07. The van der Waals surface area contributed by atoms with Crippen molar-refractivity contribution < 1.29 is 9.18 Å². The summed E-state index contributed by atoms with van der Waals surface area (Å²) in [7, 11) is 0. The van der Waals surface area contributed by atoms with Crippen LogP contribution in [-0.4, -0.2) is 20.4 Å². The first-order chi connectivity index (χ1) is 12.1. The smallest absolute Gasteiger partial charge is 0.220 e. The number of halogens is 1. The van der Waals surface area contributed by atoms with Crippen LogP contribution in [-0.2, 0) is 17.8 Å². The number of imidazole rings is 1. The van der Waals surface area contributed by atoms with Gasteiger partial charge in [0.2, 0.25) is 5.91 Å². The van der Waals surface area contributed by atoms with Crippen molar-refractivity contribution in [1.29, 1.82) is 0 Å². The SMILES string of the molecule is Cc1nccn1-c1ccc(CNC(=O)CCc2cccc(F)c2)cn1. The van der Waals surface area contributed by atoms with Gasteiger partial charge in [-0.15, -0.1) is 0 Å². The molecule has 6 heteroatoms. The number of hydrogen-bond donors (Lipinski definition) is 1. The summed E-state index contributed by atoms with van der Waals surface area (Å²) in [6.45, 7) is 2.33. The average molecular weight is 338 g/mol. The van der Waals surface area contributed by atoms with Crippen LogP contribution in [0.5, 0.6) is 0 Å². The van der Waals surface area contributed by atoms with E-state index in [1.807, 2.05) is 35.9 Å². The molecule has 0 unspecified atom stereocenters. The fourth-order valence-corrected chi connectivity index (χ4v) is 2.52. The van der Waals surface area contributed by atoms with E-state index >= 15 is 0 Å². The second kappa shape index (κ2) is 7.70. The van der Waals surface area contributed by atoms with Crippen LogP contribution in [0.1, 0.15) is 23.4 Å². The van der Waals surface area contributed by atoms with Crippen LogP contribution in [0.3, 0.4) is 0 Å². The van der Waals surface area contributed by atoms with Crippen LogP contribution in [0.25, 0.3) is 5.82 Å². The van der Waals surface area contributed by atoms with Crippen molar-refractivity contribution in [2.24, 2.45) is 0 Å². The molecule has 0 atom stereocenters. The molecule has 0 spiro atoms. The van der Waals surface area contributed by atoms with Crippen LogP contribution >= 0.6 is 0 Å². The highest BCUT2D eigenvalue weighted by Gasteiger charge is 2.05. The van der Waals surface area contributed by atoms with Gasteiger partial charge in [0, 0.05) is 31.6 Å². The maximum atomic E-state index is 13.1. The second-order valence-corrected chi connectivity index (χ2v) is 5.78. The van der Waals surface area contributed by atoms with E-state index in [9.17, 15) is 9.18 Å². The lowest BCUT2D eigenvalue weighted by Crippen LogP contribution is -2.23. The Balaban J connectivity index is 1.49. The van der Waals surface area contributed by atoms with Crippen molar-refractivity contribution >= 4 is 5.91 Å². The highest BCUT2D eigenvalue weighted by Crippen LogP contribution is 2.09. The molecule has 3 rings (SSSR count). The van der Waals surface area contributed by atoms with E-state index in [4.69, 9.17) is 0 Å². The van der Waals surface area contributed by atoms with E-state index in [0.29, 0.717) is 19.4 Å². The van der Waals surface area contributed by atoms with Crippen molar-refractivity contribution in [2.75, 3.05) is 0 Å². The van der Waals surface area contributed by atoms with Gasteiger partial charge in [0.1, 0.15) is 17.5 Å². The predicted molar refractivity (Wildman–Crippen MR) is 92.7 cm³/mol. The fraction of sp³-hybridized carbons (Fsp3) is 0.211. The highest BCUT2D eigenvalue weighted by molar-refractivity contribution is 5.76. The molecule has 0 aliphatic rings. The lowest BCUT2D eigenvalue weighted by molar-refractivity contribution is -0.121. The minimum absolute atomic E-state index is 0.0706. The van der Waals surface area contributed by atoms with Gasteiger partial charge >= 0.3 is 0 Å². The molecular formula is C19H19FN4O. The molecule has 0 bridgehead atoms. The standard InChI is InChI=1S/C19H19FN4O/c1-14-21-9-10-24(14)18-7-5-16(12-22-18)13-23-19(25)8-6-15-3-2-4-17(20)11-15/h2-5,7,9-12H,6,8,13H2,1H3,(H,23,25). The normalized spacial score (nSPS) is 10.6. The van der Waals surface area contributed by atoms with Gasteiger partial charge in [0.25, 0.3) is 0 Å². The summed E-state index contributed by atoms with van der Waals surface area (Å²) in [5, 5.41) is 2.86. The summed E-state index contributed by atoms with van der Waals surface area (Å²) < 4.78 is 15.0. The molecule has 0 radical (unpaired) electrons. The Morgan fingerprint density at radius 3 is 2.76 bits per heavy atom. The van der Waals surface area contributed by atoms with Crippen molar-refractivity contribution in [1.82, 2.24) is 19.9 Å². The van der Waals surface area contributed by atoms with Gasteiger partial charge in [-0.25, -0.2) is 14.4 Å². The van der Waals surface area contributed by atoms with Gasteiger partial charge in [-0.05, 0) is 42.7 Å². The van der Waals surface area contributed by atoms with E-state index in [1.165, 1.54) is 12.1 Å². The molecule has 2 heterocycles. The predicted octanol–water partition coefficient (Wildman–Crippen LogP) is 2.96. The number of nitrogens with one attached hydrogen (secondary N) is 1. The van der Waals surface area contributed by atoms with Crippen molar-refractivity contribution in [2.45, 2.75) is 26.3 Å². The summed E-state index contributed by atoms with van der Waals surface area (Å²) in [6, 6.07) is 10.1. The number of benzene rings is 1. The third-order valence-electron chi connectivity index (χ3n) is 3.90. The Morgan fingerprint density at radius 1 is 1.20 bits per heavy atom. The van der Waals surface area contributed by atoms with Gasteiger partial charge < -0.3 is 5.32 Å². The summed E-state index contributed by atoms with van der Waals surface area (Å²) >= 11 is 0. The van der Waals surface area contributed by atoms with E-state index < -0.39 is 0 Å². The average Bonchev–Trinajstić information content (AvgIpc) is 3.05. The molecule has 0 saturated carbocycles. The summed E-state index contributed by atoms with van der Waals surface area (Å²) in [5.74, 6) is 1.30. The molecule has 0 saturated heterocycles. The highest BCUT2D eigenvalue weighted by atomic mass is 19.1. The van der Waals surface area contributed by atoms with Crippen molar-refractivity contribution in [3.63, 3.8) is 0 Å². The molecule has 0 aliphatic heterocycles. The molecule has 3 aromatic rings. The Labute approximate surface area is 145 Å². The maximum absolute atomic E-state index is 13.1. The number of carbonyl (C=O) groups is 1. The first-order valence-electron chi connectivity index (χ1n) is 8.08. The Hall–Kier alpha value is -3.02. The minimum Gasteiger partial charge on any atom is -0.352 e.